The van der Waals surface area contributed by atoms with Crippen molar-refractivity contribution in [3.8, 4) is 11.6 Å². The highest BCUT2D eigenvalue weighted by molar-refractivity contribution is 6.35. The number of pyridine rings is 1. The summed E-state index contributed by atoms with van der Waals surface area (Å²) in [5.41, 5.74) is 0.762. The molecule has 0 aliphatic rings. The first-order chi connectivity index (χ1) is 10.1. The van der Waals surface area contributed by atoms with Crippen LogP contribution in [0.15, 0.2) is 54.7 Å². The Morgan fingerprint density at radius 1 is 1.10 bits per heavy atom. The molecule has 0 aliphatic carbocycles. The number of hydrogen-bond acceptors (Lipinski definition) is 3. The third-order valence-electron chi connectivity index (χ3n) is 3.29. The lowest BCUT2D eigenvalue weighted by Crippen LogP contribution is -1.94. The molecule has 0 saturated carbocycles. The van der Waals surface area contributed by atoms with Crippen molar-refractivity contribution in [3.63, 3.8) is 0 Å². The molecule has 3 nitrogen and oxygen atoms in total. The zero-order valence-electron chi connectivity index (χ0n) is 11.5. The lowest BCUT2D eigenvalue weighted by Gasteiger charge is -2.11. The van der Waals surface area contributed by atoms with E-state index in [1.54, 1.807) is 31.3 Å². The highest BCUT2D eigenvalue weighted by Gasteiger charge is 2.08. The quantitative estimate of drug-likeness (QED) is 0.760. The lowest BCUT2D eigenvalue weighted by atomic mass is 10.1. The number of fused-ring (bicyclic) bond motifs is 1. The van der Waals surface area contributed by atoms with Crippen molar-refractivity contribution in [1.82, 2.24) is 4.98 Å². The van der Waals surface area contributed by atoms with Crippen LogP contribution in [0, 0.1) is 0 Å². The molecule has 1 heterocycles. The zero-order valence-corrected chi connectivity index (χ0v) is 12.2. The van der Waals surface area contributed by atoms with Gasteiger partial charge in [0.2, 0.25) is 5.88 Å². The Balaban J connectivity index is 2.02. The maximum Gasteiger partial charge on any atom is 0.219 e. The highest BCUT2D eigenvalue weighted by Crippen LogP contribution is 2.33. The summed E-state index contributed by atoms with van der Waals surface area (Å²) < 4.78 is 5.86. The Kier molecular flexibility index (Phi) is 3.78. The van der Waals surface area contributed by atoms with Crippen LogP contribution < -0.4 is 4.74 Å². The van der Waals surface area contributed by atoms with E-state index in [0.29, 0.717) is 16.7 Å². The number of ether oxygens (including phenoxy) is 1. The monoisotopic (exact) mass is 299 g/mol. The summed E-state index contributed by atoms with van der Waals surface area (Å²) in [6.45, 7) is 1.71. The molecule has 106 valence electrons. The first-order valence-electron chi connectivity index (χ1n) is 6.64. The van der Waals surface area contributed by atoms with E-state index < -0.39 is 6.10 Å². The fourth-order valence-corrected chi connectivity index (χ4v) is 2.40. The second-order valence-electron chi connectivity index (χ2n) is 4.80. The molecule has 1 N–H and O–H groups in total. The number of aliphatic hydroxyl groups excluding tert-OH is 1. The molecule has 0 unspecified atom stereocenters. The third-order valence-corrected chi connectivity index (χ3v) is 3.62. The molecule has 0 radical (unpaired) electrons. The van der Waals surface area contributed by atoms with Crippen LogP contribution in [0.5, 0.6) is 11.6 Å². The molecule has 0 aliphatic heterocycles. The molecule has 0 bridgehead atoms. The van der Waals surface area contributed by atoms with E-state index in [1.807, 2.05) is 30.3 Å². The van der Waals surface area contributed by atoms with Gasteiger partial charge in [0.1, 0.15) is 5.75 Å². The smallest absolute Gasteiger partial charge is 0.219 e. The summed E-state index contributed by atoms with van der Waals surface area (Å²) in [5, 5.41) is 12.2. The van der Waals surface area contributed by atoms with Gasteiger partial charge in [-0.15, -0.1) is 0 Å². The Labute approximate surface area is 127 Å². The van der Waals surface area contributed by atoms with Gasteiger partial charge in [-0.1, -0.05) is 35.9 Å². The summed E-state index contributed by atoms with van der Waals surface area (Å²) in [6.07, 6.45) is 1.06. The first kappa shape index (κ1) is 13.9. The van der Waals surface area contributed by atoms with E-state index in [4.69, 9.17) is 16.3 Å². The fourth-order valence-electron chi connectivity index (χ4n) is 2.18. The first-order valence-corrected chi connectivity index (χ1v) is 7.02. The lowest BCUT2D eigenvalue weighted by molar-refractivity contribution is 0.198. The minimum absolute atomic E-state index is 0.445. The van der Waals surface area contributed by atoms with Crippen molar-refractivity contribution in [2.45, 2.75) is 13.0 Å². The molecule has 1 atom stereocenters. The minimum Gasteiger partial charge on any atom is -0.438 e. The predicted molar refractivity (Wildman–Crippen MR) is 83.9 cm³/mol. The average molecular weight is 300 g/mol. The second-order valence-corrected chi connectivity index (χ2v) is 5.20. The minimum atomic E-state index is -0.558. The van der Waals surface area contributed by atoms with Crippen molar-refractivity contribution in [2.24, 2.45) is 0 Å². The number of aliphatic hydroxyl groups is 1. The molecule has 3 rings (SSSR count). The Hall–Kier alpha value is -2.10. The van der Waals surface area contributed by atoms with E-state index in [2.05, 4.69) is 4.98 Å². The van der Waals surface area contributed by atoms with Gasteiger partial charge < -0.3 is 9.84 Å². The standard InChI is InChI=1S/C17H14ClNO2/c1-11(20)12-8-9-19-17(10-12)21-16-7-6-15(18)13-4-2-3-5-14(13)16/h2-11,20H,1H3/t11-/m0/s1. The van der Waals surface area contributed by atoms with Gasteiger partial charge in [0.25, 0.3) is 0 Å². The number of benzene rings is 2. The number of aromatic nitrogens is 1. The molecule has 21 heavy (non-hydrogen) atoms. The Bertz CT molecular complexity index is 787. The molecule has 4 heteroatoms. The maximum absolute atomic E-state index is 9.62. The van der Waals surface area contributed by atoms with Crippen molar-refractivity contribution in [3.05, 3.63) is 65.3 Å². The summed E-state index contributed by atoms with van der Waals surface area (Å²) in [4.78, 5) is 4.18. The van der Waals surface area contributed by atoms with Gasteiger partial charge in [-0.25, -0.2) is 4.98 Å². The topological polar surface area (TPSA) is 42.4 Å². The van der Waals surface area contributed by atoms with Crippen LogP contribution in [0.3, 0.4) is 0 Å². The van der Waals surface area contributed by atoms with Crippen LogP contribution in [0.2, 0.25) is 5.02 Å². The molecule has 0 saturated heterocycles. The predicted octanol–water partition coefficient (Wildman–Crippen LogP) is 4.73. The van der Waals surface area contributed by atoms with E-state index in [9.17, 15) is 5.11 Å². The average Bonchev–Trinajstić information content (AvgIpc) is 2.51. The second kappa shape index (κ2) is 5.72. The van der Waals surface area contributed by atoms with Gasteiger partial charge in [-0.05, 0) is 30.7 Å². The fraction of sp³-hybridized carbons (Fsp3) is 0.118. The van der Waals surface area contributed by atoms with Gasteiger partial charge >= 0.3 is 0 Å². The van der Waals surface area contributed by atoms with Crippen molar-refractivity contribution >= 4 is 22.4 Å². The van der Waals surface area contributed by atoms with Crippen LogP contribution in [0.25, 0.3) is 10.8 Å². The van der Waals surface area contributed by atoms with Gasteiger partial charge in [0, 0.05) is 28.1 Å². The van der Waals surface area contributed by atoms with Crippen molar-refractivity contribution in [1.29, 1.82) is 0 Å². The van der Waals surface area contributed by atoms with Crippen LogP contribution in [0.1, 0.15) is 18.6 Å². The van der Waals surface area contributed by atoms with Crippen LogP contribution in [-0.2, 0) is 0 Å². The SMILES string of the molecule is C[C@H](O)c1ccnc(Oc2ccc(Cl)c3ccccc23)c1. The van der Waals surface area contributed by atoms with E-state index in [1.165, 1.54) is 0 Å². The number of rotatable bonds is 3. The number of halogens is 1. The largest absolute Gasteiger partial charge is 0.438 e. The molecule has 0 spiro atoms. The Morgan fingerprint density at radius 2 is 1.86 bits per heavy atom. The zero-order chi connectivity index (χ0) is 14.8. The molecule has 1 aromatic heterocycles. The van der Waals surface area contributed by atoms with Crippen molar-refractivity contribution in [2.75, 3.05) is 0 Å². The van der Waals surface area contributed by atoms with Gasteiger partial charge in [0.15, 0.2) is 0 Å². The summed E-state index contributed by atoms with van der Waals surface area (Å²) >= 11 is 6.19. The molecule has 0 amide bonds. The van der Waals surface area contributed by atoms with Gasteiger partial charge in [0.05, 0.1) is 6.10 Å². The van der Waals surface area contributed by atoms with Crippen molar-refractivity contribution < 1.29 is 9.84 Å². The number of nitrogens with zero attached hydrogens (tertiary/aromatic N) is 1. The Morgan fingerprint density at radius 3 is 2.62 bits per heavy atom. The highest BCUT2D eigenvalue weighted by atomic mass is 35.5. The molecule has 3 aromatic rings. The maximum atomic E-state index is 9.62. The summed E-state index contributed by atoms with van der Waals surface area (Å²) in [5.74, 6) is 1.13. The van der Waals surface area contributed by atoms with Gasteiger partial charge in [-0.3, -0.25) is 0 Å². The third kappa shape index (κ3) is 2.84. The van der Waals surface area contributed by atoms with Crippen LogP contribution in [0.4, 0.5) is 0 Å². The summed E-state index contributed by atoms with van der Waals surface area (Å²) in [7, 11) is 0. The molecule has 2 aromatic carbocycles. The normalized spacial score (nSPS) is 12.3. The molecular formula is C17H14ClNO2. The van der Waals surface area contributed by atoms with Crippen LogP contribution >= 0.6 is 11.6 Å². The molecule has 0 fully saturated rings. The van der Waals surface area contributed by atoms with E-state index >= 15 is 0 Å². The van der Waals surface area contributed by atoms with Gasteiger partial charge in [-0.2, -0.15) is 0 Å². The number of hydrogen-bond donors (Lipinski definition) is 1. The van der Waals surface area contributed by atoms with E-state index in [-0.39, 0.29) is 0 Å². The van der Waals surface area contributed by atoms with E-state index in [0.717, 1.165) is 16.3 Å². The summed E-state index contributed by atoms with van der Waals surface area (Å²) in [6, 6.07) is 14.9. The molecular weight excluding hydrogens is 286 g/mol. The van der Waals surface area contributed by atoms with Crippen LogP contribution in [-0.4, -0.2) is 10.1 Å².